The molecule has 0 aliphatic heterocycles. The first-order chi connectivity index (χ1) is 18.6. The van der Waals surface area contributed by atoms with Crippen LogP contribution in [0.15, 0.2) is 42.2 Å². The molecule has 0 heterocycles. The van der Waals surface area contributed by atoms with Crippen LogP contribution in [0.25, 0.3) is 0 Å². The van der Waals surface area contributed by atoms with E-state index in [4.69, 9.17) is 9.84 Å². The Bertz CT molecular complexity index is 1110. The van der Waals surface area contributed by atoms with Gasteiger partial charge in [-0.1, -0.05) is 12.5 Å². The van der Waals surface area contributed by atoms with Gasteiger partial charge in [-0.05, 0) is 37.5 Å². The summed E-state index contributed by atoms with van der Waals surface area (Å²) >= 11 is 0. The largest absolute Gasteiger partial charge is 0.478 e. The maximum atomic E-state index is 14.7. The Balaban J connectivity index is 0.000000479. The minimum absolute atomic E-state index is 0.0139. The Morgan fingerprint density at radius 3 is 2.23 bits per heavy atom. The topological polar surface area (TPSA) is 125 Å². The number of allylic oxidation sites excluding steroid dienone is 2. The maximum absolute atomic E-state index is 14.7. The number of rotatable bonds is 11. The van der Waals surface area contributed by atoms with Crippen LogP contribution in [0.5, 0.6) is 5.75 Å². The Kier molecular flexibility index (Phi) is 13.4. The van der Waals surface area contributed by atoms with Gasteiger partial charge in [0.2, 0.25) is 5.67 Å². The predicted molar refractivity (Wildman–Crippen MR) is 128 cm³/mol. The van der Waals surface area contributed by atoms with Crippen molar-refractivity contribution in [2.45, 2.75) is 63.9 Å². The summed E-state index contributed by atoms with van der Waals surface area (Å²) in [6.07, 6.45) is -3.91. The lowest BCUT2D eigenvalue weighted by atomic mass is 9.96. The molecule has 0 bridgehead atoms. The van der Waals surface area contributed by atoms with Gasteiger partial charge in [-0.3, -0.25) is 9.59 Å². The lowest BCUT2D eigenvalue weighted by Crippen LogP contribution is -2.42. The van der Waals surface area contributed by atoms with Crippen molar-refractivity contribution in [3.05, 3.63) is 53.6 Å². The summed E-state index contributed by atoms with van der Waals surface area (Å²) in [4.78, 5) is 43.8. The van der Waals surface area contributed by atoms with Crippen molar-refractivity contribution in [3.8, 4) is 5.75 Å². The minimum atomic E-state index is -4.81. The number of unbranched alkanes of at least 4 members (excludes halogenated alkanes) is 2. The summed E-state index contributed by atoms with van der Waals surface area (Å²) in [6, 6.07) is 3.11. The number of ether oxygens (including phenoxy) is 4. The minimum Gasteiger partial charge on any atom is -0.478 e. The first-order valence-corrected chi connectivity index (χ1v) is 11.8. The van der Waals surface area contributed by atoms with Crippen LogP contribution in [0.4, 0.5) is 22.0 Å². The molecule has 0 saturated carbocycles. The molecule has 0 amide bonds. The summed E-state index contributed by atoms with van der Waals surface area (Å²) in [5, 5.41) is 8.49. The van der Waals surface area contributed by atoms with Crippen molar-refractivity contribution in [3.63, 3.8) is 0 Å². The van der Waals surface area contributed by atoms with Crippen LogP contribution < -0.4 is 4.74 Å². The number of hydrogen-bond donors (Lipinski definition) is 1. The molecule has 1 aromatic carbocycles. The average Bonchev–Trinajstić information content (AvgIpc) is 2.82. The third-order valence-corrected chi connectivity index (χ3v) is 5.03. The number of benzene rings is 1. The molecule has 1 aliphatic carbocycles. The van der Waals surface area contributed by atoms with Gasteiger partial charge >= 0.3 is 30.1 Å². The highest BCUT2D eigenvalue weighted by atomic mass is 19.4. The van der Waals surface area contributed by atoms with E-state index < -0.39 is 66.0 Å². The normalized spacial score (nSPS) is 17.1. The van der Waals surface area contributed by atoms with Crippen molar-refractivity contribution in [1.29, 1.82) is 0 Å². The Hall–Kier alpha value is -3.81. The molecule has 1 N–H and O–H groups in total. The highest BCUT2D eigenvalue weighted by Crippen LogP contribution is 2.32. The van der Waals surface area contributed by atoms with Crippen LogP contribution >= 0.6 is 0 Å². The standard InChI is InChI=1S/C17H22F4O5.C9H7FO4/c1-12(22)25-13-7-6-9-16(18,11-13)15(23)26-14(17(19,20)21)8-4-3-5-10-24-2;1-5(11)14-6-2-3-7(9(12)13)8(10)4-6/h6-7,11,14H,3-5,8-10H2,1-2H3;2-4H,1H3,(H,12,13). The van der Waals surface area contributed by atoms with E-state index >= 15 is 0 Å². The fraction of sp³-hybridized carbons (Fsp3) is 0.462. The summed E-state index contributed by atoms with van der Waals surface area (Å²) in [7, 11) is 1.48. The van der Waals surface area contributed by atoms with Gasteiger partial charge in [0.05, 0.1) is 5.56 Å². The van der Waals surface area contributed by atoms with Gasteiger partial charge in [-0.15, -0.1) is 0 Å². The second kappa shape index (κ2) is 15.7. The lowest BCUT2D eigenvalue weighted by Gasteiger charge is -2.26. The molecule has 2 rings (SSSR count). The molecule has 0 radical (unpaired) electrons. The van der Waals surface area contributed by atoms with Crippen LogP contribution in [0.2, 0.25) is 0 Å². The highest BCUT2D eigenvalue weighted by Gasteiger charge is 2.47. The number of carboxylic acid groups (broad SMARTS) is 1. The van der Waals surface area contributed by atoms with Gasteiger partial charge in [-0.2, -0.15) is 13.2 Å². The molecular formula is C26H29F5O9. The van der Waals surface area contributed by atoms with Crippen molar-refractivity contribution >= 4 is 23.9 Å². The van der Waals surface area contributed by atoms with Gasteiger partial charge in [0.1, 0.15) is 17.3 Å². The third-order valence-electron chi connectivity index (χ3n) is 5.03. The third kappa shape index (κ3) is 11.9. The van der Waals surface area contributed by atoms with Crippen LogP contribution in [0.3, 0.4) is 0 Å². The second-order valence-electron chi connectivity index (χ2n) is 8.43. The molecule has 222 valence electrons. The van der Waals surface area contributed by atoms with E-state index in [1.807, 2.05) is 0 Å². The molecule has 0 fully saturated rings. The number of halogens is 5. The van der Waals surface area contributed by atoms with E-state index in [0.717, 1.165) is 19.1 Å². The summed E-state index contributed by atoms with van der Waals surface area (Å²) in [5.41, 5.74) is -3.28. The highest BCUT2D eigenvalue weighted by molar-refractivity contribution is 5.88. The number of carbonyl (C=O) groups excluding carboxylic acids is 3. The van der Waals surface area contributed by atoms with E-state index in [9.17, 15) is 41.1 Å². The van der Waals surface area contributed by atoms with E-state index in [2.05, 4.69) is 14.2 Å². The zero-order valence-corrected chi connectivity index (χ0v) is 21.9. The van der Waals surface area contributed by atoms with Gasteiger partial charge in [0, 0.05) is 46.1 Å². The first kappa shape index (κ1) is 34.2. The Labute approximate surface area is 226 Å². The van der Waals surface area contributed by atoms with Gasteiger partial charge < -0.3 is 24.1 Å². The molecule has 1 aliphatic rings. The molecular weight excluding hydrogens is 551 g/mol. The smallest absolute Gasteiger partial charge is 0.425 e. The van der Waals surface area contributed by atoms with Gasteiger partial charge in [-0.25, -0.2) is 18.4 Å². The first-order valence-electron chi connectivity index (χ1n) is 11.8. The summed E-state index contributed by atoms with van der Waals surface area (Å²) in [6.45, 7) is 2.66. The number of carboxylic acids is 1. The zero-order valence-electron chi connectivity index (χ0n) is 21.9. The van der Waals surface area contributed by atoms with Crippen LogP contribution in [-0.4, -0.2) is 60.6 Å². The molecule has 40 heavy (non-hydrogen) atoms. The molecule has 0 aromatic heterocycles. The zero-order chi connectivity index (χ0) is 30.5. The van der Waals surface area contributed by atoms with E-state index in [1.165, 1.54) is 32.3 Å². The van der Waals surface area contributed by atoms with Crippen LogP contribution in [0.1, 0.15) is 56.3 Å². The number of methoxy groups -OCH3 is 1. The molecule has 2 atom stereocenters. The SMILES string of the molecule is CC(=O)Oc1ccc(C(=O)O)c(F)c1.COCCCCCC(OC(=O)C1(F)C=C(OC(C)=O)C=CC1)C(F)(F)F. The number of carbonyl (C=O) groups is 4. The number of esters is 3. The quantitative estimate of drug-likeness (QED) is 0.162. The van der Waals surface area contributed by atoms with Crippen molar-refractivity contribution in [1.82, 2.24) is 0 Å². The van der Waals surface area contributed by atoms with E-state index in [0.29, 0.717) is 25.5 Å². The molecule has 0 saturated heterocycles. The predicted octanol–water partition coefficient (Wildman–Crippen LogP) is 5.23. The van der Waals surface area contributed by atoms with Crippen LogP contribution in [0, 0.1) is 5.82 Å². The molecule has 14 heteroatoms. The van der Waals surface area contributed by atoms with Crippen molar-refractivity contribution < 1.29 is 65.2 Å². The second-order valence-corrected chi connectivity index (χ2v) is 8.43. The van der Waals surface area contributed by atoms with E-state index in [-0.39, 0.29) is 17.9 Å². The van der Waals surface area contributed by atoms with Crippen molar-refractivity contribution in [2.75, 3.05) is 13.7 Å². The lowest BCUT2D eigenvalue weighted by molar-refractivity contribution is -0.227. The monoisotopic (exact) mass is 580 g/mol. The van der Waals surface area contributed by atoms with Crippen LogP contribution in [-0.2, 0) is 28.6 Å². The Morgan fingerprint density at radius 2 is 1.70 bits per heavy atom. The van der Waals surface area contributed by atoms with E-state index in [1.54, 1.807) is 0 Å². The number of alkyl halides is 4. The molecule has 2 unspecified atom stereocenters. The molecule has 9 nitrogen and oxygen atoms in total. The number of hydrogen-bond acceptors (Lipinski definition) is 8. The fourth-order valence-electron chi connectivity index (χ4n) is 3.22. The number of aromatic carboxylic acids is 1. The summed E-state index contributed by atoms with van der Waals surface area (Å²) < 4.78 is 85.4. The maximum Gasteiger partial charge on any atom is 0.425 e. The van der Waals surface area contributed by atoms with Crippen molar-refractivity contribution in [2.24, 2.45) is 0 Å². The fourth-order valence-corrected chi connectivity index (χ4v) is 3.22. The van der Waals surface area contributed by atoms with Gasteiger partial charge in [0.25, 0.3) is 0 Å². The molecule has 0 spiro atoms. The molecule has 1 aromatic rings. The Morgan fingerprint density at radius 1 is 1.05 bits per heavy atom. The van der Waals surface area contributed by atoms with Gasteiger partial charge in [0.15, 0.2) is 6.10 Å². The summed E-state index contributed by atoms with van der Waals surface area (Å²) in [5.74, 6) is -5.57. The average molecular weight is 580 g/mol.